The summed E-state index contributed by atoms with van der Waals surface area (Å²) in [4.78, 5) is 12.2. The number of carbonyl (C=O) groups excluding carboxylic acids is 1. The molecule has 2 aromatic rings. The highest BCUT2D eigenvalue weighted by molar-refractivity contribution is 6.07. The molecule has 0 radical (unpaired) electrons. The summed E-state index contributed by atoms with van der Waals surface area (Å²) in [5, 5.41) is 9.45. The summed E-state index contributed by atoms with van der Waals surface area (Å²) in [6.07, 6.45) is 3.13. The number of aromatic hydroxyl groups is 1. The minimum absolute atomic E-state index is 0.0137. The van der Waals surface area contributed by atoms with E-state index in [2.05, 4.69) is 0 Å². The quantitative estimate of drug-likeness (QED) is 0.645. The number of ether oxygens (including phenoxy) is 2. The van der Waals surface area contributed by atoms with E-state index in [-0.39, 0.29) is 17.6 Å². The van der Waals surface area contributed by atoms with Gasteiger partial charge in [0.2, 0.25) is 0 Å². The van der Waals surface area contributed by atoms with Gasteiger partial charge in [0.1, 0.15) is 5.75 Å². The van der Waals surface area contributed by atoms with Gasteiger partial charge < -0.3 is 14.6 Å². The molecule has 1 N–H and O–H groups in total. The predicted octanol–water partition coefficient (Wildman–Crippen LogP) is 4.08. The van der Waals surface area contributed by atoms with E-state index in [1.54, 1.807) is 25.3 Å². The van der Waals surface area contributed by atoms with Gasteiger partial charge in [-0.15, -0.1) is 0 Å². The molecule has 2 aromatic carbocycles. The fraction of sp³-hybridized carbons (Fsp3) is 0.211. The molecule has 0 saturated heterocycles. The van der Waals surface area contributed by atoms with E-state index in [1.807, 2.05) is 32.0 Å². The second kappa shape index (κ2) is 7.49. The minimum Gasteiger partial charge on any atom is -0.508 e. The number of carbonyl (C=O) groups is 1. The number of methoxy groups -OCH3 is 1. The molecule has 0 unspecified atom stereocenters. The number of rotatable bonds is 6. The Hall–Kier alpha value is -2.75. The van der Waals surface area contributed by atoms with Gasteiger partial charge in [-0.05, 0) is 44.2 Å². The zero-order chi connectivity index (χ0) is 16.8. The van der Waals surface area contributed by atoms with Crippen LogP contribution in [0.3, 0.4) is 0 Å². The Balaban J connectivity index is 2.30. The first-order valence-corrected chi connectivity index (χ1v) is 7.36. The maximum atomic E-state index is 12.2. The highest BCUT2D eigenvalue weighted by Crippen LogP contribution is 2.33. The maximum Gasteiger partial charge on any atom is 0.185 e. The van der Waals surface area contributed by atoms with Gasteiger partial charge in [-0.2, -0.15) is 0 Å². The number of benzene rings is 2. The molecule has 0 saturated carbocycles. The lowest BCUT2D eigenvalue weighted by Gasteiger charge is -2.15. The Bertz CT molecular complexity index is 717. The Morgan fingerprint density at radius 3 is 2.57 bits per heavy atom. The third kappa shape index (κ3) is 4.36. The van der Waals surface area contributed by atoms with Gasteiger partial charge >= 0.3 is 0 Å². The van der Waals surface area contributed by atoms with E-state index in [1.165, 1.54) is 18.2 Å². The maximum absolute atomic E-state index is 12.2. The molecule has 0 fully saturated rings. The molecule has 0 atom stereocenters. The van der Waals surface area contributed by atoms with Crippen LogP contribution in [0.2, 0.25) is 0 Å². The molecule has 23 heavy (non-hydrogen) atoms. The average molecular weight is 312 g/mol. The van der Waals surface area contributed by atoms with Gasteiger partial charge in [-0.25, -0.2) is 0 Å². The molecule has 4 nitrogen and oxygen atoms in total. The van der Waals surface area contributed by atoms with Crippen molar-refractivity contribution in [2.45, 2.75) is 20.0 Å². The molecule has 0 amide bonds. The highest BCUT2D eigenvalue weighted by atomic mass is 16.5. The van der Waals surface area contributed by atoms with Crippen LogP contribution in [0, 0.1) is 0 Å². The SMILES string of the molecule is COc1cccc(/C=C/C(=O)c2cccc(O)c2)c1OC(C)C. The van der Waals surface area contributed by atoms with Crippen LogP contribution in [0.4, 0.5) is 0 Å². The standard InChI is InChI=1S/C19H20O4/c1-13(2)23-19-14(6-5-9-18(19)22-3)10-11-17(21)15-7-4-8-16(20)12-15/h4-13,20H,1-3H3/b11-10+. The van der Waals surface area contributed by atoms with E-state index in [0.29, 0.717) is 17.1 Å². The summed E-state index contributed by atoms with van der Waals surface area (Å²) in [5.41, 5.74) is 1.18. The second-order valence-corrected chi connectivity index (χ2v) is 5.29. The lowest BCUT2D eigenvalue weighted by Crippen LogP contribution is -2.08. The van der Waals surface area contributed by atoms with E-state index >= 15 is 0 Å². The van der Waals surface area contributed by atoms with Crippen LogP contribution >= 0.6 is 0 Å². The lowest BCUT2D eigenvalue weighted by atomic mass is 10.1. The average Bonchev–Trinajstić information content (AvgIpc) is 2.53. The van der Waals surface area contributed by atoms with Crippen LogP contribution in [0.5, 0.6) is 17.2 Å². The molecule has 0 aliphatic heterocycles. The molecule has 0 heterocycles. The molecule has 2 rings (SSSR count). The third-order valence-corrected chi connectivity index (χ3v) is 3.13. The highest BCUT2D eigenvalue weighted by Gasteiger charge is 2.11. The van der Waals surface area contributed by atoms with Crippen molar-refractivity contribution in [1.82, 2.24) is 0 Å². The van der Waals surface area contributed by atoms with E-state index in [4.69, 9.17) is 9.47 Å². The monoisotopic (exact) mass is 312 g/mol. The summed E-state index contributed by atoms with van der Waals surface area (Å²) in [6.45, 7) is 3.86. The van der Waals surface area contributed by atoms with Gasteiger partial charge in [0.25, 0.3) is 0 Å². The number of hydrogen-bond donors (Lipinski definition) is 1. The molecule has 0 spiro atoms. The van der Waals surface area contributed by atoms with Crippen molar-refractivity contribution in [1.29, 1.82) is 0 Å². The zero-order valence-corrected chi connectivity index (χ0v) is 13.4. The second-order valence-electron chi connectivity index (χ2n) is 5.29. The van der Waals surface area contributed by atoms with Crippen molar-refractivity contribution in [3.8, 4) is 17.2 Å². The normalized spacial score (nSPS) is 11.0. The van der Waals surface area contributed by atoms with Gasteiger partial charge in [0.05, 0.1) is 13.2 Å². The first kappa shape index (κ1) is 16.6. The molecule has 120 valence electrons. The minimum atomic E-state index is -0.195. The largest absolute Gasteiger partial charge is 0.508 e. The van der Waals surface area contributed by atoms with Gasteiger partial charge in [-0.1, -0.05) is 24.3 Å². The third-order valence-electron chi connectivity index (χ3n) is 3.13. The number of phenols is 1. The summed E-state index contributed by atoms with van der Waals surface area (Å²) >= 11 is 0. The van der Waals surface area contributed by atoms with Crippen LogP contribution in [0.25, 0.3) is 6.08 Å². The molecular weight excluding hydrogens is 292 g/mol. The van der Waals surface area contributed by atoms with E-state index in [9.17, 15) is 9.90 Å². The summed E-state index contributed by atoms with van der Waals surface area (Å²) < 4.78 is 11.1. The van der Waals surface area contributed by atoms with E-state index in [0.717, 1.165) is 5.56 Å². The van der Waals surface area contributed by atoms with Crippen molar-refractivity contribution in [3.05, 3.63) is 59.7 Å². The molecule has 0 aliphatic carbocycles. The van der Waals surface area contributed by atoms with Gasteiger partial charge in [0, 0.05) is 11.1 Å². The lowest BCUT2D eigenvalue weighted by molar-refractivity contribution is 0.104. The van der Waals surface area contributed by atoms with E-state index < -0.39 is 0 Å². The van der Waals surface area contributed by atoms with Crippen LogP contribution in [0.1, 0.15) is 29.8 Å². The zero-order valence-electron chi connectivity index (χ0n) is 13.4. The molecular formula is C19H20O4. The number of phenolic OH excluding ortho intramolecular Hbond substituents is 1. The summed E-state index contributed by atoms with van der Waals surface area (Å²) in [7, 11) is 1.58. The fourth-order valence-electron chi connectivity index (χ4n) is 2.11. The number of para-hydroxylation sites is 1. The smallest absolute Gasteiger partial charge is 0.185 e. The number of ketones is 1. The van der Waals surface area contributed by atoms with Crippen molar-refractivity contribution in [2.75, 3.05) is 7.11 Å². The Labute approximate surface area is 136 Å². The van der Waals surface area contributed by atoms with Crippen molar-refractivity contribution in [2.24, 2.45) is 0 Å². The van der Waals surface area contributed by atoms with Crippen molar-refractivity contribution in [3.63, 3.8) is 0 Å². The van der Waals surface area contributed by atoms with Gasteiger partial charge in [-0.3, -0.25) is 4.79 Å². The Morgan fingerprint density at radius 1 is 1.17 bits per heavy atom. The van der Waals surface area contributed by atoms with Crippen molar-refractivity contribution < 1.29 is 19.4 Å². The van der Waals surface area contributed by atoms with Crippen LogP contribution < -0.4 is 9.47 Å². The Kier molecular flexibility index (Phi) is 5.41. The summed E-state index contributed by atoms with van der Waals surface area (Å²) in [6, 6.07) is 11.8. The van der Waals surface area contributed by atoms with Gasteiger partial charge in [0.15, 0.2) is 17.3 Å². The predicted molar refractivity (Wildman–Crippen MR) is 90.2 cm³/mol. The topological polar surface area (TPSA) is 55.8 Å². The Morgan fingerprint density at radius 2 is 1.91 bits per heavy atom. The van der Waals surface area contributed by atoms with Crippen LogP contribution in [-0.4, -0.2) is 24.1 Å². The van der Waals surface area contributed by atoms with Crippen LogP contribution in [-0.2, 0) is 0 Å². The molecule has 0 aromatic heterocycles. The molecule has 0 bridgehead atoms. The first-order valence-electron chi connectivity index (χ1n) is 7.36. The summed E-state index contributed by atoms with van der Waals surface area (Å²) in [5.74, 6) is 1.09. The number of allylic oxidation sites excluding steroid dienone is 1. The molecule has 0 aliphatic rings. The van der Waals surface area contributed by atoms with Crippen LogP contribution in [0.15, 0.2) is 48.5 Å². The number of hydrogen-bond acceptors (Lipinski definition) is 4. The first-order chi connectivity index (χ1) is 11.0. The van der Waals surface area contributed by atoms with Crippen molar-refractivity contribution >= 4 is 11.9 Å². The molecule has 4 heteroatoms. The fourth-order valence-corrected chi connectivity index (χ4v) is 2.11.